The summed E-state index contributed by atoms with van der Waals surface area (Å²) in [5.74, 6) is 0.326. The fourth-order valence-corrected chi connectivity index (χ4v) is 8.58. The Morgan fingerprint density at radius 1 is 1.13 bits per heavy atom. The molecule has 1 spiro atoms. The molecule has 5 aliphatic rings. The third kappa shape index (κ3) is 4.97. The van der Waals surface area contributed by atoms with Crippen molar-refractivity contribution < 1.29 is 23.4 Å². The third-order valence-corrected chi connectivity index (χ3v) is 10.8. The number of benzene rings is 2. The van der Waals surface area contributed by atoms with Gasteiger partial charge in [0.1, 0.15) is 30.2 Å². The molecule has 2 amide bonds. The van der Waals surface area contributed by atoms with Crippen LogP contribution in [0.15, 0.2) is 24.3 Å². The average Bonchev–Trinajstić information content (AvgIpc) is 3.68. The summed E-state index contributed by atoms with van der Waals surface area (Å²) in [6, 6.07) is 6.20. The van der Waals surface area contributed by atoms with Crippen LogP contribution < -0.4 is 25.2 Å². The lowest BCUT2D eigenvalue weighted by molar-refractivity contribution is 0.107. The van der Waals surface area contributed by atoms with Gasteiger partial charge in [0.25, 0.3) is 0 Å². The number of aromatic hydroxyl groups is 1. The Morgan fingerprint density at radius 3 is 2.84 bits per heavy atom. The van der Waals surface area contributed by atoms with Crippen LogP contribution in [0.5, 0.6) is 11.8 Å². The molecule has 5 aliphatic heterocycles. The molecule has 0 radical (unpaired) electrons. The molecule has 45 heavy (non-hydrogen) atoms. The molecule has 4 saturated heterocycles. The molecule has 10 nitrogen and oxygen atoms in total. The SMILES string of the molecule is O=C1NCC2(CCCN(c3nc(OC[C@@]45CCCN4C[C@H](F)C5)nc4c3CCN(c3cc(O)cc5ccc(F)c(Cl)c35)C4)C2)N1. The zero-order chi connectivity index (χ0) is 30.9. The first-order chi connectivity index (χ1) is 21.7. The number of piperidine rings is 1. The van der Waals surface area contributed by atoms with Gasteiger partial charge in [-0.2, -0.15) is 9.97 Å². The molecule has 3 atom stereocenters. The van der Waals surface area contributed by atoms with E-state index in [1.54, 1.807) is 18.2 Å². The number of anilines is 2. The number of phenols is 1. The van der Waals surface area contributed by atoms with E-state index in [0.717, 1.165) is 55.8 Å². The van der Waals surface area contributed by atoms with E-state index < -0.39 is 12.0 Å². The number of hydrogen-bond donors (Lipinski definition) is 3. The van der Waals surface area contributed by atoms with E-state index in [1.807, 2.05) is 0 Å². The molecule has 13 heteroatoms. The zero-order valence-corrected chi connectivity index (χ0v) is 25.7. The average molecular weight is 640 g/mol. The Morgan fingerprint density at radius 2 is 2.00 bits per heavy atom. The topological polar surface area (TPSA) is 106 Å². The zero-order valence-electron chi connectivity index (χ0n) is 24.9. The third-order valence-electron chi connectivity index (χ3n) is 10.4. The van der Waals surface area contributed by atoms with Crippen LogP contribution in [0.4, 0.5) is 25.1 Å². The quantitative estimate of drug-likeness (QED) is 0.380. The molecule has 8 rings (SSSR count). The van der Waals surface area contributed by atoms with Gasteiger partial charge in [-0.05, 0) is 56.2 Å². The lowest BCUT2D eigenvalue weighted by atomic mass is 9.89. The molecular formula is C32H36ClF2N7O3. The molecule has 0 bridgehead atoms. The number of alkyl halides is 1. The minimum atomic E-state index is -0.865. The maximum Gasteiger partial charge on any atom is 0.318 e. The second kappa shape index (κ2) is 10.7. The van der Waals surface area contributed by atoms with Crippen molar-refractivity contribution in [1.82, 2.24) is 25.5 Å². The lowest BCUT2D eigenvalue weighted by Crippen LogP contribution is -2.56. The van der Waals surface area contributed by atoms with Crippen molar-refractivity contribution in [3.05, 3.63) is 46.4 Å². The van der Waals surface area contributed by atoms with Crippen molar-refractivity contribution in [2.45, 2.75) is 62.3 Å². The van der Waals surface area contributed by atoms with E-state index in [-0.39, 0.29) is 33.9 Å². The van der Waals surface area contributed by atoms with E-state index in [2.05, 4.69) is 25.3 Å². The summed E-state index contributed by atoms with van der Waals surface area (Å²) >= 11 is 6.48. The first-order valence-electron chi connectivity index (χ1n) is 15.8. The highest BCUT2D eigenvalue weighted by molar-refractivity contribution is 6.37. The van der Waals surface area contributed by atoms with Gasteiger partial charge < -0.3 is 30.3 Å². The molecule has 6 heterocycles. The summed E-state index contributed by atoms with van der Waals surface area (Å²) in [5, 5.41) is 17.8. The number of amides is 2. The highest BCUT2D eigenvalue weighted by Gasteiger charge is 2.49. The van der Waals surface area contributed by atoms with Gasteiger partial charge in [0, 0.05) is 56.2 Å². The molecule has 3 N–H and O–H groups in total. The molecule has 1 unspecified atom stereocenters. The number of aromatic nitrogens is 2. The highest BCUT2D eigenvalue weighted by atomic mass is 35.5. The van der Waals surface area contributed by atoms with Crippen LogP contribution in [0.2, 0.25) is 5.02 Å². The van der Waals surface area contributed by atoms with Gasteiger partial charge in [-0.1, -0.05) is 17.7 Å². The van der Waals surface area contributed by atoms with Crippen LogP contribution in [0, 0.1) is 5.82 Å². The summed E-state index contributed by atoms with van der Waals surface area (Å²) in [5.41, 5.74) is 1.68. The fraction of sp³-hybridized carbons (Fsp3) is 0.531. The van der Waals surface area contributed by atoms with Crippen molar-refractivity contribution in [2.75, 3.05) is 55.7 Å². The number of nitrogens with zero attached hydrogens (tertiary/aromatic N) is 5. The minimum Gasteiger partial charge on any atom is -0.508 e. The summed E-state index contributed by atoms with van der Waals surface area (Å²) in [6.07, 6.45) is 3.83. The predicted molar refractivity (Wildman–Crippen MR) is 167 cm³/mol. The maximum atomic E-state index is 14.6. The highest BCUT2D eigenvalue weighted by Crippen LogP contribution is 2.42. The monoisotopic (exact) mass is 639 g/mol. The smallest absolute Gasteiger partial charge is 0.318 e. The van der Waals surface area contributed by atoms with Gasteiger partial charge in [0.2, 0.25) is 0 Å². The van der Waals surface area contributed by atoms with Crippen LogP contribution in [0.3, 0.4) is 0 Å². The summed E-state index contributed by atoms with van der Waals surface area (Å²) in [7, 11) is 0. The fourth-order valence-electron chi connectivity index (χ4n) is 8.31. The van der Waals surface area contributed by atoms with E-state index in [4.69, 9.17) is 26.3 Å². The predicted octanol–water partition coefficient (Wildman–Crippen LogP) is 4.30. The summed E-state index contributed by atoms with van der Waals surface area (Å²) < 4.78 is 35.5. The summed E-state index contributed by atoms with van der Waals surface area (Å²) in [6.45, 7) is 4.48. The minimum absolute atomic E-state index is 0.00892. The number of carbonyl (C=O) groups is 1. The second-order valence-electron chi connectivity index (χ2n) is 13.3. The number of fused-ring (bicyclic) bond motifs is 3. The number of hydrogen-bond acceptors (Lipinski definition) is 8. The van der Waals surface area contributed by atoms with E-state index in [1.165, 1.54) is 6.07 Å². The van der Waals surface area contributed by atoms with Crippen LogP contribution in [-0.2, 0) is 13.0 Å². The van der Waals surface area contributed by atoms with Crippen molar-refractivity contribution in [3.63, 3.8) is 0 Å². The second-order valence-corrected chi connectivity index (χ2v) is 13.7. The van der Waals surface area contributed by atoms with Gasteiger partial charge in [-0.25, -0.2) is 13.6 Å². The van der Waals surface area contributed by atoms with Gasteiger partial charge in [-0.3, -0.25) is 4.90 Å². The Bertz CT molecular complexity index is 1700. The number of urea groups is 1. The molecular weight excluding hydrogens is 604 g/mol. The van der Waals surface area contributed by atoms with E-state index >= 15 is 0 Å². The molecule has 3 aromatic rings. The number of phenolic OH excluding ortho intramolecular Hbond substituents is 1. The maximum absolute atomic E-state index is 14.6. The first-order valence-corrected chi connectivity index (χ1v) is 16.2. The van der Waals surface area contributed by atoms with Crippen LogP contribution in [0.1, 0.15) is 43.4 Å². The molecule has 4 fully saturated rings. The first kappa shape index (κ1) is 28.8. The largest absolute Gasteiger partial charge is 0.508 e. The van der Waals surface area contributed by atoms with Crippen molar-refractivity contribution in [3.8, 4) is 11.8 Å². The number of carbonyl (C=O) groups excluding carboxylic acids is 1. The standard InChI is InChI=1S/C32H36ClF2N7O3/c33-27-23(35)4-3-19-11-21(43)12-25(26(19)27)40-10-5-22-24(15-40)37-30(45-18-32-7-2-9-42(32)14-20(34)13-32)38-28(22)41-8-1-6-31(17-41)16-36-29(44)39-31/h3-4,11-12,20,43H,1-2,5-10,13-18H2,(H2,36,39,44)/t20-,31?,32+/m1/s1. The lowest BCUT2D eigenvalue weighted by Gasteiger charge is -2.41. The Hall–Kier alpha value is -3.64. The number of rotatable bonds is 5. The Balaban J connectivity index is 1.16. The van der Waals surface area contributed by atoms with Gasteiger partial charge >= 0.3 is 12.0 Å². The molecule has 238 valence electrons. The normalized spacial score (nSPS) is 28.0. The van der Waals surface area contributed by atoms with Crippen LogP contribution in [-0.4, -0.2) is 89.1 Å². The van der Waals surface area contributed by atoms with Gasteiger partial charge in [0.05, 0.1) is 34.0 Å². The van der Waals surface area contributed by atoms with Crippen molar-refractivity contribution >= 4 is 39.9 Å². The number of halogens is 3. The summed E-state index contributed by atoms with van der Waals surface area (Å²) in [4.78, 5) is 28.5. The molecule has 2 aromatic carbocycles. The van der Waals surface area contributed by atoms with Gasteiger partial charge in [-0.15, -0.1) is 0 Å². The van der Waals surface area contributed by atoms with Crippen molar-refractivity contribution in [2.24, 2.45) is 0 Å². The Labute approximate surface area is 264 Å². The molecule has 1 aromatic heterocycles. The molecule has 0 aliphatic carbocycles. The molecule has 0 saturated carbocycles. The number of ether oxygens (including phenoxy) is 1. The van der Waals surface area contributed by atoms with Crippen molar-refractivity contribution in [1.29, 1.82) is 0 Å². The van der Waals surface area contributed by atoms with Gasteiger partial charge in [0.15, 0.2) is 0 Å². The van der Waals surface area contributed by atoms with Crippen LogP contribution in [0.25, 0.3) is 10.8 Å². The van der Waals surface area contributed by atoms with E-state index in [9.17, 15) is 18.7 Å². The van der Waals surface area contributed by atoms with E-state index in [0.29, 0.717) is 68.6 Å². The number of nitrogens with one attached hydrogen (secondary N) is 2. The van der Waals surface area contributed by atoms with Crippen LogP contribution >= 0.6 is 11.6 Å². The Kier molecular flexibility index (Phi) is 6.86.